The topological polar surface area (TPSA) is 42.7 Å². The van der Waals surface area contributed by atoms with Crippen LogP contribution in [-0.2, 0) is 12.1 Å². The van der Waals surface area contributed by atoms with Crippen LogP contribution in [-0.4, -0.2) is 15.0 Å². The lowest BCUT2D eigenvalue weighted by molar-refractivity contribution is 0.347. The summed E-state index contributed by atoms with van der Waals surface area (Å²) in [4.78, 5) is 0. The van der Waals surface area contributed by atoms with Gasteiger partial charge >= 0.3 is 0 Å². The van der Waals surface area contributed by atoms with Crippen molar-refractivity contribution in [1.82, 2.24) is 15.0 Å². The standard InChI is InChI=1S/C15H22N4/c1-11-7-6-8-14(12(11)2)16-9-13-10-19(18-17-13)15(3,4)5/h6-8,10,16H,9H2,1-5H3. The predicted molar refractivity (Wildman–Crippen MR) is 78.3 cm³/mol. The lowest BCUT2D eigenvalue weighted by atomic mass is 10.1. The van der Waals surface area contributed by atoms with Gasteiger partial charge in [-0.3, -0.25) is 0 Å². The minimum Gasteiger partial charge on any atom is -0.379 e. The first-order valence-corrected chi connectivity index (χ1v) is 6.60. The van der Waals surface area contributed by atoms with Gasteiger partial charge in [-0.05, 0) is 51.8 Å². The molecule has 1 N–H and O–H groups in total. The molecule has 0 aliphatic rings. The molecule has 0 atom stereocenters. The Labute approximate surface area is 114 Å². The Bertz CT molecular complexity index is 564. The van der Waals surface area contributed by atoms with Crippen molar-refractivity contribution in [3.05, 3.63) is 41.2 Å². The molecule has 0 unspecified atom stereocenters. The zero-order valence-electron chi connectivity index (χ0n) is 12.4. The number of benzene rings is 1. The molecule has 0 aliphatic carbocycles. The zero-order chi connectivity index (χ0) is 14.0. The van der Waals surface area contributed by atoms with Crippen molar-refractivity contribution in [3.63, 3.8) is 0 Å². The lowest BCUT2D eigenvalue weighted by Crippen LogP contribution is -2.22. The number of rotatable bonds is 3. The number of hydrogen-bond donors (Lipinski definition) is 1. The monoisotopic (exact) mass is 258 g/mol. The van der Waals surface area contributed by atoms with E-state index in [0.717, 1.165) is 11.4 Å². The second kappa shape index (κ2) is 5.03. The van der Waals surface area contributed by atoms with Crippen molar-refractivity contribution in [2.45, 2.75) is 46.7 Å². The van der Waals surface area contributed by atoms with Crippen LogP contribution in [0.1, 0.15) is 37.6 Å². The molecular weight excluding hydrogens is 236 g/mol. The van der Waals surface area contributed by atoms with Gasteiger partial charge < -0.3 is 5.32 Å². The summed E-state index contributed by atoms with van der Waals surface area (Å²) in [6.45, 7) is 11.3. The molecule has 0 saturated carbocycles. The van der Waals surface area contributed by atoms with Crippen molar-refractivity contribution < 1.29 is 0 Å². The number of aromatic nitrogens is 3. The molecule has 19 heavy (non-hydrogen) atoms. The molecule has 2 rings (SSSR count). The van der Waals surface area contributed by atoms with Crippen LogP contribution in [0.3, 0.4) is 0 Å². The summed E-state index contributed by atoms with van der Waals surface area (Å²) in [5, 5.41) is 11.8. The normalized spacial score (nSPS) is 11.6. The highest BCUT2D eigenvalue weighted by Gasteiger charge is 2.14. The first-order valence-electron chi connectivity index (χ1n) is 6.60. The van der Waals surface area contributed by atoms with Crippen LogP contribution in [0.25, 0.3) is 0 Å². The van der Waals surface area contributed by atoms with Crippen LogP contribution >= 0.6 is 0 Å². The first-order chi connectivity index (χ1) is 8.88. The van der Waals surface area contributed by atoms with E-state index < -0.39 is 0 Å². The summed E-state index contributed by atoms with van der Waals surface area (Å²) >= 11 is 0. The van der Waals surface area contributed by atoms with E-state index in [9.17, 15) is 0 Å². The van der Waals surface area contributed by atoms with Crippen LogP contribution in [0, 0.1) is 13.8 Å². The minimum atomic E-state index is -0.0233. The van der Waals surface area contributed by atoms with Gasteiger partial charge in [0.15, 0.2) is 0 Å². The maximum absolute atomic E-state index is 4.20. The van der Waals surface area contributed by atoms with Crippen molar-refractivity contribution in [2.24, 2.45) is 0 Å². The largest absolute Gasteiger partial charge is 0.379 e. The Morgan fingerprint density at radius 1 is 1.21 bits per heavy atom. The second-order valence-corrected chi connectivity index (χ2v) is 5.93. The van der Waals surface area contributed by atoms with Crippen molar-refractivity contribution in [1.29, 1.82) is 0 Å². The Kier molecular flexibility index (Phi) is 3.60. The number of nitrogens with one attached hydrogen (secondary N) is 1. The molecule has 4 heteroatoms. The minimum absolute atomic E-state index is 0.0233. The molecule has 0 saturated heterocycles. The molecule has 1 heterocycles. The lowest BCUT2D eigenvalue weighted by Gasteiger charge is -2.17. The molecular formula is C15H22N4. The van der Waals surface area contributed by atoms with E-state index in [2.05, 4.69) is 68.4 Å². The van der Waals surface area contributed by atoms with Gasteiger partial charge in [0, 0.05) is 5.69 Å². The SMILES string of the molecule is Cc1cccc(NCc2cn(C(C)(C)C)nn2)c1C. The van der Waals surface area contributed by atoms with Gasteiger partial charge in [-0.1, -0.05) is 17.3 Å². The number of aryl methyl sites for hydroxylation is 1. The second-order valence-electron chi connectivity index (χ2n) is 5.93. The summed E-state index contributed by atoms with van der Waals surface area (Å²) < 4.78 is 1.90. The predicted octanol–water partition coefficient (Wildman–Crippen LogP) is 3.26. The maximum atomic E-state index is 4.20. The van der Waals surface area contributed by atoms with Gasteiger partial charge in [-0.2, -0.15) is 0 Å². The van der Waals surface area contributed by atoms with Gasteiger partial charge in [0.1, 0.15) is 5.69 Å². The van der Waals surface area contributed by atoms with E-state index in [-0.39, 0.29) is 5.54 Å². The summed E-state index contributed by atoms with van der Waals surface area (Å²) in [6, 6.07) is 6.28. The van der Waals surface area contributed by atoms with E-state index in [1.807, 2.05) is 10.9 Å². The van der Waals surface area contributed by atoms with Crippen molar-refractivity contribution in [3.8, 4) is 0 Å². The summed E-state index contributed by atoms with van der Waals surface area (Å²) in [5.74, 6) is 0. The summed E-state index contributed by atoms with van der Waals surface area (Å²) in [6.07, 6.45) is 2.00. The van der Waals surface area contributed by atoms with E-state index in [4.69, 9.17) is 0 Å². The molecule has 4 nitrogen and oxygen atoms in total. The smallest absolute Gasteiger partial charge is 0.102 e. The van der Waals surface area contributed by atoms with Crippen LogP contribution in [0.5, 0.6) is 0 Å². The highest BCUT2D eigenvalue weighted by molar-refractivity contribution is 5.53. The highest BCUT2D eigenvalue weighted by atomic mass is 15.4. The number of anilines is 1. The first kappa shape index (κ1) is 13.6. The average Bonchev–Trinajstić information content (AvgIpc) is 2.79. The fourth-order valence-electron chi connectivity index (χ4n) is 1.84. The van der Waals surface area contributed by atoms with Gasteiger partial charge in [-0.25, -0.2) is 4.68 Å². The molecule has 2 aromatic rings. The van der Waals surface area contributed by atoms with E-state index in [0.29, 0.717) is 6.54 Å². The van der Waals surface area contributed by atoms with Crippen LogP contribution in [0.2, 0.25) is 0 Å². The van der Waals surface area contributed by atoms with Crippen LogP contribution in [0.4, 0.5) is 5.69 Å². The Hall–Kier alpha value is -1.84. The van der Waals surface area contributed by atoms with Gasteiger partial charge in [0.05, 0.1) is 18.3 Å². The number of nitrogens with zero attached hydrogens (tertiary/aromatic N) is 3. The van der Waals surface area contributed by atoms with E-state index in [1.165, 1.54) is 11.1 Å². The van der Waals surface area contributed by atoms with Gasteiger partial charge in [0.25, 0.3) is 0 Å². The summed E-state index contributed by atoms with van der Waals surface area (Å²) in [5.41, 5.74) is 4.67. The zero-order valence-corrected chi connectivity index (χ0v) is 12.4. The molecule has 0 spiro atoms. The molecule has 102 valence electrons. The van der Waals surface area contributed by atoms with Crippen LogP contribution in [0.15, 0.2) is 24.4 Å². The van der Waals surface area contributed by atoms with Crippen molar-refractivity contribution >= 4 is 5.69 Å². The third-order valence-electron chi connectivity index (χ3n) is 3.29. The Morgan fingerprint density at radius 2 is 1.95 bits per heavy atom. The third kappa shape index (κ3) is 3.13. The Morgan fingerprint density at radius 3 is 2.58 bits per heavy atom. The quantitative estimate of drug-likeness (QED) is 0.919. The summed E-state index contributed by atoms with van der Waals surface area (Å²) in [7, 11) is 0. The van der Waals surface area contributed by atoms with Crippen molar-refractivity contribution in [2.75, 3.05) is 5.32 Å². The molecule has 0 aliphatic heterocycles. The average molecular weight is 258 g/mol. The molecule has 0 radical (unpaired) electrons. The number of hydrogen-bond acceptors (Lipinski definition) is 3. The fourth-order valence-corrected chi connectivity index (χ4v) is 1.84. The van der Waals surface area contributed by atoms with Gasteiger partial charge in [0.2, 0.25) is 0 Å². The van der Waals surface area contributed by atoms with Gasteiger partial charge in [-0.15, -0.1) is 5.10 Å². The molecule has 0 fully saturated rings. The Balaban J connectivity index is 2.07. The van der Waals surface area contributed by atoms with E-state index in [1.54, 1.807) is 0 Å². The molecule has 1 aromatic heterocycles. The third-order valence-corrected chi connectivity index (χ3v) is 3.29. The maximum Gasteiger partial charge on any atom is 0.102 e. The fraction of sp³-hybridized carbons (Fsp3) is 0.467. The molecule has 0 bridgehead atoms. The molecule has 0 amide bonds. The molecule has 1 aromatic carbocycles. The van der Waals surface area contributed by atoms with Crippen LogP contribution < -0.4 is 5.32 Å². The highest BCUT2D eigenvalue weighted by Crippen LogP contribution is 2.19. The van der Waals surface area contributed by atoms with E-state index >= 15 is 0 Å².